The van der Waals surface area contributed by atoms with E-state index >= 15 is 0 Å². The fourth-order valence-corrected chi connectivity index (χ4v) is 2.20. The normalized spacial score (nSPS) is 10.6. The lowest BCUT2D eigenvalue weighted by Crippen LogP contribution is -2.30. The number of amides is 1. The Labute approximate surface area is 121 Å². The zero-order valence-corrected chi connectivity index (χ0v) is 11.6. The van der Waals surface area contributed by atoms with E-state index in [1.807, 2.05) is 13.0 Å². The van der Waals surface area contributed by atoms with Crippen molar-refractivity contribution < 1.29 is 19.8 Å². The van der Waals surface area contributed by atoms with E-state index in [1.54, 1.807) is 18.2 Å². The molecule has 2 rings (SSSR count). The van der Waals surface area contributed by atoms with Crippen LogP contribution in [-0.4, -0.2) is 33.6 Å². The highest BCUT2D eigenvalue weighted by atomic mass is 16.4. The Morgan fingerprint density at radius 1 is 1.29 bits per heavy atom. The number of carbonyl (C=O) groups is 2. The number of benzene rings is 1. The summed E-state index contributed by atoms with van der Waals surface area (Å²) in [5.74, 6) is -1.46. The summed E-state index contributed by atoms with van der Waals surface area (Å²) in [5, 5.41) is 21.1. The number of aliphatic hydroxyl groups is 1. The fraction of sp³-hybridized carbons (Fsp3) is 0.267. The van der Waals surface area contributed by atoms with E-state index in [2.05, 4.69) is 10.3 Å². The lowest BCUT2D eigenvalue weighted by atomic mass is 10.0. The smallest absolute Gasteiger partial charge is 0.322 e. The van der Waals surface area contributed by atoms with Gasteiger partial charge in [0.05, 0.1) is 18.5 Å². The molecule has 0 saturated heterocycles. The SMILES string of the molecule is Cc1cc(CO)c2cccc(CC(=O)NCC(=O)O)c2n1. The van der Waals surface area contributed by atoms with Crippen molar-refractivity contribution >= 4 is 22.8 Å². The number of carbonyl (C=O) groups excluding carboxylic acids is 1. The third-order valence-electron chi connectivity index (χ3n) is 3.09. The molecule has 0 unspecified atom stereocenters. The summed E-state index contributed by atoms with van der Waals surface area (Å²) in [5.41, 5.74) is 2.87. The number of pyridine rings is 1. The van der Waals surface area contributed by atoms with E-state index in [9.17, 15) is 14.7 Å². The van der Waals surface area contributed by atoms with Crippen LogP contribution in [0.2, 0.25) is 0 Å². The maximum atomic E-state index is 11.7. The predicted octanol–water partition coefficient (Wildman–Crippen LogP) is 0.779. The molecule has 1 aromatic carbocycles. The molecule has 3 N–H and O–H groups in total. The van der Waals surface area contributed by atoms with Crippen LogP contribution in [0.4, 0.5) is 0 Å². The number of nitrogens with one attached hydrogen (secondary N) is 1. The number of para-hydroxylation sites is 1. The molecule has 0 fully saturated rings. The third-order valence-corrected chi connectivity index (χ3v) is 3.09. The molecule has 0 aliphatic carbocycles. The molecule has 0 saturated carbocycles. The van der Waals surface area contributed by atoms with Gasteiger partial charge in [-0.2, -0.15) is 0 Å². The van der Waals surface area contributed by atoms with Crippen molar-refractivity contribution in [3.8, 4) is 0 Å². The van der Waals surface area contributed by atoms with Gasteiger partial charge in [-0.1, -0.05) is 18.2 Å². The van der Waals surface area contributed by atoms with Gasteiger partial charge in [0.25, 0.3) is 0 Å². The first-order valence-corrected chi connectivity index (χ1v) is 6.48. The van der Waals surface area contributed by atoms with Crippen LogP contribution >= 0.6 is 0 Å². The Morgan fingerprint density at radius 2 is 2.05 bits per heavy atom. The number of aliphatic hydroxyl groups excluding tert-OH is 1. The average Bonchev–Trinajstić information content (AvgIpc) is 2.45. The van der Waals surface area contributed by atoms with Gasteiger partial charge in [-0.25, -0.2) is 0 Å². The standard InChI is InChI=1S/C15H16N2O4/c1-9-5-11(8-18)12-4-2-3-10(15(12)17-9)6-13(19)16-7-14(20)21/h2-5,18H,6-8H2,1H3,(H,16,19)(H,20,21). The summed E-state index contributed by atoms with van der Waals surface area (Å²) in [6.07, 6.45) is 0.0476. The van der Waals surface area contributed by atoms with Gasteiger partial charge >= 0.3 is 5.97 Å². The summed E-state index contributed by atoms with van der Waals surface area (Å²) in [6, 6.07) is 7.21. The van der Waals surface area contributed by atoms with E-state index in [1.165, 1.54) is 0 Å². The van der Waals surface area contributed by atoms with Crippen molar-refractivity contribution in [2.45, 2.75) is 20.0 Å². The van der Waals surface area contributed by atoms with Gasteiger partial charge in [-0.3, -0.25) is 14.6 Å². The number of hydrogen-bond donors (Lipinski definition) is 3. The first kappa shape index (κ1) is 14.9. The van der Waals surface area contributed by atoms with Crippen molar-refractivity contribution in [1.29, 1.82) is 0 Å². The molecule has 110 valence electrons. The molecule has 2 aromatic rings. The minimum atomic E-state index is -1.09. The highest BCUT2D eigenvalue weighted by molar-refractivity contribution is 5.90. The van der Waals surface area contributed by atoms with Crippen LogP contribution in [0.1, 0.15) is 16.8 Å². The molecule has 0 aliphatic heterocycles. The summed E-state index contributed by atoms with van der Waals surface area (Å²) in [4.78, 5) is 26.6. The minimum Gasteiger partial charge on any atom is -0.480 e. The Bertz CT molecular complexity index is 697. The van der Waals surface area contributed by atoms with E-state index in [-0.39, 0.29) is 18.9 Å². The Balaban J connectivity index is 2.34. The predicted molar refractivity (Wildman–Crippen MR) is 76.8 cm³/mol. The van der Waals surface area contributed by atoms with Crippen LogP contribution in [0.5, 0.6) is 0 Å². The molecule has 21 heavy (non-hydrogen) atoms. The van der Waals surface area contributed by atoms with Crippen molar-refractivity contribution in [2.24, 2.45) is 0 Å². The molecule has 1 aromatic heterocycles. The van der Waals surface area contributed by atoms with Crippen LogP contribution in [0.3, 0.4) is 0 Å². The van der Waals surface area contributed by atoms with Gasteiger partial charge in [-0.05, 0) is 24.1 Å². The summed E-state index contributed by atoms with van der Waals surface area (Å²) in [6.45, 7) is 1.31. The van der Waals surface area contributed by atoms with E-state index < -0.39 is 12.5 Å². The molecular weight excluding hydrogens is 272 g/mol. The van der Waals surface area contributed by atoms with Gasteiger partial charge < -0.3 is 15.5 Å². The number of nitrogens with zero attached hydrogens (tertiary/aromatic N) is 1. The fourth-order valence-electron chi connectivity index (χ4n) is 2.20. The van der Waals surface area contributed by atoms with Crippen molar-refractivity contribution in [3.63, 3.8) is 0 Å². The average molecular weight is 288 g/mol. The molecule has 6 nitrogen and oxygen atoms in total. The van der Waals surface area contributed by atoms with Crippen molar-refractivity contribution in [3.05, 3.63) is 41.1 Å². The summed E-state index contributed by atoms with van der Waals surface area (Å²) >= 11 is 0. The highest BCUT2D eigenvalue weighted by Crippen LogP contribution is 2.22. The van der Waals surface area contributed by atoms with Gasteiger partial charge in [0.15, 0.2) is 0 Å². The molecule has 0 aliphatic rings. The molecule has 6 heteroatoms. The van der Waals surface area contributed by atoms with Gasteiger partial charge in [0, 0.05) is 11.1 Å². The minimum absolute atomic E-state index is 0.0476. The van der Waals surface area contributed by atoms with Crippen LogP contribution in [0.25, 0.3) is 10.9 Å². The summed E-state index contributed by atoms with van der Waals surface area (Å²) < 4.78 is 0. The number of carboxylic acids is 1. The number of aliphatic carboxylic acids is 1. The lowest BCUT2D eigenvalue weighted by molar-refractivity contribution is -0.137. The zero-order valence-electron chi connectivity index (χ0n) is 11.6. The molecule has 1 amide bonds. The van der Waals surface area contributed by atoms with Crippen LogP contribution in [0, 0.1) is 6.92 Å². The first-order chi connectivity index (χ1) is 10.0. The second-order valence-corrected chi connectivity index (χ2v) is 4.74. The number of rotatable bonds is 5. The molecule has 0 atom stereocenters. The van der Waals surface area contributed by atoms with Crippen molar-refractivity contribution in [1.82, 2.24) is 10.3 Å². The lowest BCUT2D eigenvalue weighted by Gasteiger charge is -2.10. The highest BCUT2D eigenvalue weighted by Gasteiger charge is 2.11. The maximum Gasteiger partial charge on any atom is 0.322 e. The van der Waals surface area contributed by atoms with E-state index in [0.29, 0.717) is 11.1 Å². The second kappa shape index (κ2) is 6.32. The van der Waals surface area contributed by atoms with E-state index in [0.717, 1.165) is 16.6 Å². The number of hydrogen-bond acceptors (Lipinski definition) is 4. The quantitative estimate of drug-likeness (QED) is 0.755. The molecule has 1 heterocycles. The van der Waals surface area contributed by atoms with Crippen LogP contribution in [0.15, 0.2) is 24.3 Å². The zero-order chi connectivity index (χ0) is 15.4. The molecular formula is C15H16N2O4. The van der Waals surface area contributed by atoms with Gasteiger partial charge in [0.1, 0.15) is 6.54 Å². The monoisotopic (exact) mass is 288 g/mol. The molecule has 0 bridgehead atoms. The largest absolute Gasteiger partial charge is 0.480 e. The second-order valence-electron chi connectivity index (χ2n) is 4.74. The molecule has 0 spiro atoms. The summed E-state index contributed by atoms with van der Waals surface area (Å²) in [7, 11) is 0. The number of fused-ring (bicyclic) bond motifs is 1. The van der Waals surface area contributed by atoms with Crippen molar-refractivity contribution in [2.75, 3.05) is 6.54 Å². The van der Waals surface area contributed by atoms with Gasteiger partial charge in [-0.15, -0.1) is 0 Å². The van der Waals surface area contributed by atoms with E-state index in [4.69, 9.17) is 5.11 Å². The third kappa shape index (κ3) is 3.55. The Kier molecular flexibility index (Phi) is 4.49. The van der Waals surface area contributed by atoms with Gasteiger partial charge in [0.2, 0.25) is 5.91 Å². The number of carboxylic acid groups (broad SMARTS) is 1. The Hall–Kier alpha value is -2.47. The maximum absolute atomic E-state index is 11.7. The first-order valence-electron chi connectivity index (χ1n) is 6.48. The Morgan fingerprint density at radius 3 is 2.71 bits per heavy atom. The number of aryl methyl sites for hydroxylation is 1. The van der Waals surface area contributed by atoms with Crippen LogP contribution in [-0.2, 0) is 22.6 Å². The molecule has 0 radical (unpaired) electrons. The van der Waals surface area contributed by atoms with Crippen LogP contribution < -0.4 is 5.32 Å². The topological polar surface area (TPSA) is 99.5 Å². The number of aromatic nitrogens is 1.